The number of hydrogen-bond acceptors (Lipinski definition) is 12. The summed E-state index contributed by atoms with van der Waals surface area (Å²) in [6, 6.07) is -1.42. The summed E-state index contributed by atoms with van der Waals surface area (Å²) in [4.78, 5) is 36.0. The Labute approximate surface area is 202 Å². The number of hydrogen-bond donors (Lipinski definition) is 7. The summed E-state index contributed by atoms with van der Waals surface area (Å²) in [5.74, 6) is -4.82. The topological polar surface area (TPSA) is 223 Å². The van der Waals surface area contributed by atoms with Crippen LogP contribution in [0.15, 0.2) is 0 Å². The summed E-state index contributed by atoms with van der Waals surface area (Å²) in [7, 11) is 1.51. The maximum absolute atomic E-state index is 12.4. The second-order valence-corrected chi connectivity index (χ2v) is 8.01. The molecule has 6 atom stereocenters. The van der Waals surface area contributed by atoms with Crippen molar-refractivity contribution in [3.8, 4) is 0 Å². The zero-order valence-corrected chi connectivity index (χ0v) is 19.9. The van der Waals surface area contributed by atoms with Crippen LogP contribution in [0.25, 0.3) is 0 Å². The Kier molecular flexibility index (Phi) is 13.3. The van der Waals surface area contributed by atoms with E-state index in [0.717, 1.165) is 0 Å². The molecule has 0 aliphatic carbocycles. The number of aliphatic carboxylic acids is 1. The molecule has 2 amide bonds. The average molecular weight is 513 g/mol. The fraction of sp³-hybridized carbons (Fsp3) is 0.850. The van der Waals surface area contributed by atoms with Gasteiger partial charge in [0.15, 0.2) is 0 Å². The number of carbonyl (C=O) groups is 3. The van der Waals surface area contributed by atoms with Crippen LogP contribution in [0.5, 0.6) is 0 Å². The number of nitrogens with one attached hydrogen (secondary N) is 2. The average Bonchev–Trinajstić information content (AvgIpc) is 2.79. The van der Waals surface area contributed by atoms with Gasteiger partial charge in [-0.1, -0.05) is 0 Å². The fourth-order valence-corrected chi connectivity index (χ4v) is 3.27. The van der Waals surface area contributed by atoms with Crippen molar-refractivity contribution in [1.82, 2.24) is 10.6 Å². The summed E-state index contributed by atoms with van der Waals surface area (Å²) in [6.07, 6.45) is -9.20. The van der Waals surface area contributed by atoms with Crippen LogP contribution in [0.2, 0.25) is 0 Å². The first kappa shape index (κ1) is 30.9. The van der Waals surface area contributed by atoms with E-state index in [2.05, 4.69) is 10.6 Å². The summed E-state index contributed by atoms with van der Waals surface area (Å²) in [6.45, 7) is 2.29. The van der Waals surface area contributed by atoms with Crippen LogP contribution in [0.1, 0.15) is 20.3 Å². The molecule has 0 aromatic rings. The molecule has 1 saturated heterocycles. The van der Waals surface area contributed by atoms with Gasteiger partial charge in [-0.15, -0.1) is 0 Å². The van der Waals surface area contributed by atoms with Crippen LogP contribution in [-0.4, -0.2) is 133 Å². The Balaban J connectivity index is 2.79. The third kappa shape index (κ3) is 9.81. The van der Waals surface area contributed by atoms with Gasteiger partial charge in [0.2, 0.25) is 5.91 Å². The third-order valence-corrected chi connectivity index (χ3v) is 4.86. The Hall–Kier alpha value is -2.11. The summed E-state index contributed by atoms with van der Waals surface area (Å²) in [5, 5.41) is 54.3. The van der Waals surface area contributed by atoms with Gasteiger partial charge >= 0.3 is 12.1 Å². The molecule has 0 saturated carbocycles. The molecule has 0 aromatic carbocycles. The van der Waals surface area contributed by atoms with Gasteiger partial charge in [0, 0.05) is 13.5 Å². The quantitative estimate of drug-likeness (QED) is 0.108. The number of alkyl carbamates (subject to hydrolysis) is 1. The van der Waals surface area contributed by atoms with E-state index in [0.29, 0.717) is 13.2 Å². The summed E-state index contributed by atoms with van der Waals surface area (Å²) >= 11 is 0. The molecule has 204 valence electrons. The van der Waals surface area contributed by atoms with Gasteiger partial charge in [0.05, 0.1) is 44.7 Å². The molecule has 7 N–H and O–H groups in total. The summed E-state index contributed by atoms with van der Waals surface area (Å²) in [5.41, 5.74) is 0. The molecule has 1 unspecified atom stereocenters. The molecule has 0 bridgehead atoms. The summed E-state index contributed by atoms with van der Waals surface area (Å²) < 4.78 is 25.6. The first-order valence-corrected chi connectivity index (χ1v) is 11.0. The van der Waals surface area contributed by atoms with E-state index < -0.39 is 79.9 Å². The lowest BCUT2D eigenvalue weighted by Gasteiger charge is -2.47. The Morgan fingerprint density at radius 2 is 1.80 bits per heavy atom. The van der Waals surface area contributed by atoms with Crippen molar-refractivity contribution in [3.63, 3.8) is 0 Å². The number of ether oxygens (including phenoxy) is 5. The number of amides is 2. The van der Waals surface area contributed by atoms with Crippen molar-refractivity contribution in [2.75, 3.05) is 46.7 Å². The second kappa shape index (κ2) is 15.1. The van der Waals surface area contributed by atoms with Crippen molar-refractivity contribution in [2.24, 2.45) is 0 Å². The second-order valence-electron chi connectivity index (χ2n) is 8.01. The van der Waals surface area contributed by atoms with Crippen molar-refractivity contribution in [2.45, 2.75) is 62.6 Å². The molecule has 1 aliphatic rings. The number of rotatable bonds is 15. The van der Waals surface area contributed by atoms with Crippen LogP contribution in [0.3, 0.4) is 0 Å². The van der Waals surface area contributed by atoms with Crippen LogP contribution >= 0.6 is 0 Å². The molecule has 1 rings (SSSR count). The molecule has 0 spiro atoms. The highest BCUT2D eigenvalue weighted by molar-refractivity contribution is 5.82. The minimum Gasteiger partial charge on any atom is -0.477 e. The fourth-order valence-electron chi connectivity index (χ4n) is 3.27. The van der Waals surface area contributed by atoms with Crippen molar-refractivity contribution >= 4 is 18.0 Å². The highest BCUT2D eigenvalue weighted by Gasteiger charge is 2.56. The number of aliphatic hydroxyl groups excluding tert-OH is 4. The van der Waals surface area contributed by atoms with E-state index in [1.165, 1.54) is 21.0 Å². The molecule has 15 nitrogen and oxygen atoms in total. The van der Waals surface area contributed by atoms with Crippen LogP contribution < -0.4 is 10.6 Å². The number of methoxy groups -OCH3 is 1. The van der Waals surface area contributed by atoms with Crippen LogP contribution in [0, 0.1) is 0 Å². The molecule has 35 heavy (non-hydrogen) atoms. The molecule has 1 fully saturated rings. The predicted molar refractivity (Wildman–Crippen MR) is 115 cm³/mol. The van der Waals surface area contributed by atoms with Gasteiger partial charge in [-0.2, -0.15) is 0 Å². The van der Waals surface area contributed by atoms with E-state index >= 15 is 0 Å². The number of aliphatic hydroxyl groups is 4. The largest absolute Gasteiger partial charge is 0.477 e. The highest BCUT2D eigenvalue weighted by atomic mass is 16.7. The number of carboxylic acids is 1. The van der Waals surface area contributed by atoms with Gasteiger partial charge in [0.1, 0.15) is 31.5 Å². The minimum absolute atomic E-state index is 0.0766. The standard InChI is InChI=1S/C20H36N2O13/c1-11(2)34-20(18(28)29)8-12(24)15(17(35-20)16(27)13(25)10-23)22-14(26)9-21-19(30)33-7-6-32-5-4-31-3/h11-13,15-17,23-25,27H,4-10H2,1-3H3,(H,21,30)(H,22,26)(H,28,29)/t12-,13+,15+,16+,17?,20+/m0/s1. The zero-order valence-electron chi connectivity index (χ0n) is 19.9. The Morgan fingerprint density at radius 3 is 2.37 bits per heavy atom. The van der Waals surface area contributed by atoms with Crippen molar-refractivity contribution in [3.05, 3.63) is 0 Å². The lowest BCUT2D eigenvalue weighted by atomic mass is 9.88. The molecule has 0 aromatic heterocycles. The molecule has 1 heterocycles. The Morgan fingerprint density at radius 1 is 1.14 bits per heavy atom. The van der Waals surface area contributed by atoms with E-state index in [-0.39, 0.29) is 13.2 Å². The molecule has 15 heteroatoms. The van der Waals surface area contributed by atoms with E-state index in [1.54, 1.807) is 0 Å². The smallest absolute Gasteiger partial charge is 0.407 e. The number of carboxylic acid groups (broad SMARTS) is 1. The first-order valence-electron chi connectivity index (χ1n) is 11.0. The SMILES string of the molecule is COCCOCCOC(=O)NCC(=O)N[C@H]1C([C@H](O)[C@H](O)CO)O[C@@](OC(C)C)(C(=O)O)C[C@@H]1O. The van der Waals surface area contributed by atoms with E-state index in [1.807, 2.05) is 0 Å². The maximum atomic E-state index is 12.4. The van der Waals surface area contributed by atoms with Crippen LogP contribution in [0.4, 0.5) is 4.79 Å². The molecular formula is C20H36N2O13. The molecule has 0 radical (unpaired) electrons. The third-order valence-electron chi connectivity index (χ3n) is 4.86. The van der Waals surface area contributed by atoms with Gasteiger partial charge in [-0.05, 0) is 13.8 Å². The van der Waals surface area contributed by atoms with Gasteiger partial charge < -0.3 is 59.9 Å². The van der Waals surface area contributed by atoms with Crippen LogP contribution in [-0.2, 0) is 33.3 Å². The monoisotopic (exact) mass is 512 g/mol. The predicted octanol–water partition coefficient (Wildman–Crippen LogP) is -3.07. The van der Waals surface area contributed by atoms with Crippen molar-refractivity contribution in [1.29, 1.82) is 0 Å². The molecule has 1 aliphatic heterocycles. The highest BCUT2D eigenvalue weighted by Crippen LogP contribution is 2.34. The van der Waals surface area contributed by atoms with Crippen molar-refractivity contribution < 1.29 is 63.6 Å². The molecular weight excluding hydrogens is 476 g/mol. The lowest BCUT2D eigenvalue weighted by Crippen LogP contribution is -2.68. The number of carbonyl (C=O) groups excluding carboxylic acids is 2. The first-order chi connectivity index (χ1) is 16.5. The lowest BCUT2D eigenvalue weighted by molar-refractivity contribution is -0.319. The van der Waals surface area contributed by atoms with Gasteiger partial charge in [-0.25, -0.2) is 9.59 Å². The maximum Gasteiger partial charge on any atom is 0.407 e. The zero-order chi connectivity index (χ0) is 26.6. The van der Waals surface area contributed by atoms with E-state index in [9.17, 15) is 39.9 Å². The van der Waals surface area contributed by atoms with Gasteiger partial charge in [-0.3, -0.25) is 4.79 Å². The Bertz CT molecular complexity index is 679. The van der Waals surface area contributed by atoms with Gasteiger partial charge in [0.25, 0.3) is 5.79 Å². The minimum atomic E-state index is -2.39. The van der Waals surface area contributed by atoms with E-state index in [4.69, 9.17) is 23.7 Å². The normalized spacial score (nSPS) is 26.1.